The summed E-state index contributed by atoms with van der Waals surface area (Å²) in [5.41, 5.74) is 0.0562. The van der Waals surface area contributed by atoms with Crippen molar-refractivity contribution in [2.75, 3.05) is 6.54 Å². The molecule has 1 aromatic carbocycles. The number of aliphatic carboxylic acids is 1. The molecule has 2 aromatic rings. The third kappa shape index (κ3) is 6.46. The van der Waals surface area contributed by atoms with Crippen LogP contribution in [0.3, 0.4) is 0 Å². The van der Waals surface area contributed by atoms with Crippen LogP contribution in [-0.4, -0.2) is 40.0 Å². The van der Waals surface area contributed by atoms with Crippen molar-refractivity contribution in [3.63, 3.8) is 0 Å². The molecule has 29 heavy (non-hydrogen) atoms. The number of benzene rings is 1. The fourth-order valence-electron chi connectivity index (χ4n) is 2.72. The van der Waals surface area contributed by atoms with Crippen molar-refractivity contribution in [1.82, 2.24) is 15.2 Å². The molecule has 1 amide bonds. The minimum atomic E-state index is -1.18. The number of nitrogens with zero attached hydrogens (tertiary/aromatic N) is 1. The van der Waals surface area contributed by atoms with Gasteiger partial charge < -0.3 is 20.3 Å². The summed E-state index contributed by atoms with van der Waals surface area (Å²) in [5, 5.41) is 22.3. The van der Waals surface area contributed by atoms with E-state index in [9.17, 15) is 19.5 Å². The van der Waals surface area contributed by atoms with Gasteiger partial charge >= 0.3 is 5.97 Å². The van der Waals surface area contributed by atoms with E-state index in [4.69, 9.17) is 17.0 Å². The molecule has 154 valence electrons. The number of hydrogen-bond acceptors (Lipinski definition) is 4. The Morgan fingerprint density at radius 1 is 1.24 bits per heavy atom. The second-order valence-corrected chi connectivity index (χ2v) is 6.91. The predicted octanol–water partition coefficient (Wildman–Crippen LogP) is 2.10. The number of carbonyl (C=O) groups is 2. The monoisotopic (exact) mass is 418 g/mol. The third-order valence-electron chi connectivity index (χ3n) is 4.23. The van der Waals surface area contributed by atoms with Crippen LogP contribution in [0.5, 0.6) is 0 Å². The highest BCUT2D eigenvalue weighted by Gasteiger charge is 2.22. The average molecular weight is 419 g/mol. The molecule has 9 heteroatoms. The fraction of sp³-hybridized carbons (Fsp3) is 0.300. The quantitative estimate of drug-likeness (QED) is 0.282. The van der Waals surface area contributed by atoms with Crippen molar-refractivity contribution in [2.24, 2.45) is 0 Å². The standard InChI is InChI=1S/C20H23ClN4O4/c1-13(22)23-10-4-9-17(20(28)29)24-18(26)15-7-5-11-25(19(15)27)12-14-6-2-3-8-16(14)21/h2-3,5-8,11,17H,4,9-10,12H2,1H3,(H2,22,23)(H,24,26)(H,28,29)/t17-/m0/s1. The molecular weight excluding hydrogens is 396 g/mol. The van der Waals surface area contributed by atoms with Crippen molar-refractivity contribution in [2.45, 2.75) is 32.4 Å². The zero-order chi connectivity index (χ0) is 21.4. The third-order valence-corrected chi connectivity index (χ3v) is 4.60. The second-order valence-electron chi connectivity index (χ2n) is 6.50. The maximum absolute atomic E-state index is 12.7. The molecular formula is C20H23ClN4O4. The van der Waals surface area contributed by atoms with Crippen LogP contribution in [0.4, 0.5) is 0 Å². The van der Waals surface area contributed by atoms with Gasteiger partial charge in [-0.15, -0.1) is 0 Å². The molecule has 0 saturated carbocycles. The molecule has 1 heterocycles. The number of nitrogens with one attached hydrogen (secondary N) is 3. The van der Waals surface area contributed by atoms with Crippen LogP contribution in [0.15, 0.2) is 47.4 Å². The lowest BCUT2D eigenvalue weighted by Crippen LogP contribution is -2.43. The molecule has 0 aliphatic heterocycles. The SMILES string of the molecule is CC(=N)NCCC[C@H](NC(=O)c1cccn(Cc2ccccc2Cl)c1=O)C(=O)O. The van der Waals surface area contributed by atoms with Gasteiger partial charge in [-0.3, -0.25) is 15.0 Å². The van der Waals surface area contributed by atoms with Gasteiger partial charge in [-0.05, 0) is 43.5 Å². The lowest BCUT2D eigenvalue weighted by atomic mass is 10.1. The molecule has 1 atom stereocenters. The molecule has 0 aliphatic rings. The maximum atomic E-state index is 12.7. The number of carboxylic acids is 1. The molecule has 0 spiro atoms. The molecule has 0 aliphatic carbocycles. The Morgan fingerprint density at radius 3 is 2.62 bits per heavy atom. The molecule has 0 fully saturated rings. The second kappa shape index (κ2) is 10.4. The molecule has 2 rings (SSSR count). The average Bonchev–Trinajstić information content (AvgIpc) is 2.67. The van der Waals surface area contributed by atoms with Crippen LogP contribution < -0.4 is 16.2 Å². The van der Waals surface area contributed by atoms with E-state index in [1.54, 1.807) is 43.5 Å². The summed E-state index contributed by atoms with van der Waals surface area (Å²) in [7, 11) is 0. The fourth-order valence-corrected chi connectivity index (χ4v) is 2.92. The Bertz CT molecular complexity index is 957. The van der Waals surface area contributed by atoms with Gasteiger partial charge in [-0.1, -0.05) is 29.8 Å². The molecule has 0 radical (unpaired) electrons. The molecule has 0 saturated heterocycles. The first-order valence-corrected chi connectivity index (χ1v) is 9.43. The van der Waals surface area contributed by atoms with E-state index in [-0.39, 0.29) is 24.4 Å². The number of rotatable bonds is 9. The highest BCUT2D eigenvalue weighted by atomic mass is 35.5. The topological polar surface area (TPSA) is 124 Å². The van der Waals surface area contributed by atoms with Gasteiger partial charge in [0.05, 0.1) is 12.4 Å². The summed E-state index contributed by atoms with van der Waals surface area (Å²) in [6.07, 6.45) is 2.16. The number of pyridine rings is 1. The van der Waals surface area contributed by atoms with Crippen molar-refractivity contribution >= 4 is 29.3 Å². The van der Waals surface area contributed by atoms with Crippen molar-refractivity contribution in [3.8, 4) is 0 Å². The lowest BCUT2D eigenvalue weighted by molar-refractivity contribution is -0.139. The predicted molar refractivity (Wildman–Crippen MR) is 111 cm³/mol. The van der Waals surface area contributed by atoms with Gasteiger partial charge in [0.2, 0.25) is 0 Å². The van der Waals surface area contributed by atoms with Crippen LogP contribution in [0, 0.1) is 5.41 Å². The Kier molecular flexibility index (Phi) is 7.97. The first-order valence-electron chi connectivity index (χ1n) is 9.05. The minimum Gasteiger partial charge on any atom is -0.480 e. The van der Waals surface area contributed by atoms with Crippen LogP contribution >= 0.6 is 11.6 Å². The molecule has 0 unspecified atom stereocenters. The molecule has 4 N–H and O–H groups in total. The first kappa shape index (κ1) is 22.2. The van der Waals surface area contributed by atoms with Crippen molar-refractivity contribution in [3.05, 3.63) is 69.1 Å². The number of hydrogen-bond donors (Lipinski definition) is 4. The van der Waals surface area contributed by atoms with Crippen LogP contribution in [0.2, 0.25) is 5.02 Å². The van der Waals surface area contributed by atoms with Gasteiger partial charge in [0.1, 0.15) is 11.6 Å². The number of aromatic nitrogens is 1. The molecule has 0 bridgehead atoms. The van der Waals surface area contributed by atoms with Gasteiger partial charge in [-0.2, -0.15) is 0 Å². The largest absolute Gasteiger partial charge is 0.480 e. The van der Waals surface area contributed by atoms with E-state index in [0.717, 1.165) is 5.56 Å². The summed E-state index contributed by atoms with van der Waals surface area (Å²) < 4.78 is 1.35. The summed E-state index contributed by atoms with van der Waals surface area (Å²) in [6.45, 7) is 2.20. The number of carbonyl (C=O) groups excluding carboxylic acids is 1. The van der Waals surface area contributed by atoms with Crippen molar-refractivity contribution in [1.29, 1.82) is 5.41 Å². The lowest BCUT2D eigenvalue weighted by Gasteiger charge is -2.15. The smallest absolute Gasteiger partial charge is 0.326 e. The van der Waals surface area contributed by atoms with E-state index in [2.05, 4.69) is 10.6 Å². The number of amidine groups is 1. The molecule has 1 aromatic heterocycles. The Balaban J connectivity index is 2.11. The van der Waals surface area contributed by atoms with E-state index in [1.807, 2.05) is 0 Å². The Labute approximate surface area is 173 Å². The van der Waals surface area contributed by atoms with Crippen LogP contribution in [0.1, 0.15) is 35.7 Å². The maximum Gasteiger partial charge on any atom is 0.326 e. The van der Waals surface area contributed by atoms with Gasteiger partial charge in [0, 0.05) is 17.8 Å². The van der Waals surface area contributed by atoms with Crippen molar-refractivity contribution < 1.29 is 14.7 Å². The number of amides is 1. The number of halogens is 1. The van der Waals surface area contributed by atoms with Gasteiger partial charge in [-0.25, -0.2) is 4.79 Å². The summed E-state index contributed by atoms with van der Waals surface area (Å²) >= 11 is 6.13. The normalized spacial score (nSPS) is 11.5. The summed E-state index contributed by atoms with van der Waals surface area (Å²) in [4.78, 5) is 36.7. The first-order chi connectivity index (χ1) is 13.8. The zero-order valence-electron chi connectivity index (χ0n) is 15.9. The minimum absolute atomic E-state index is 0.140. The summed E-state index contributed by atoms with van der Waals surface area (Å²) in [6, 6.07) is 8.86. The number of carboxylic acid groups (broad SMARTS) is 1. The van der Waals surface area contributed by atoms with Gasteiger partial charge in [0.25, 0.3) is 11.5 Å². The zero-order valence-corrected chi connectivity index (χ0v) is 16.7. The van der Waals surface area contributed by atoms with Crippen LogP contribution in [0.25, 0.3) is 0 Å². The Morgan fingerprint density at radius 2 is 1.97 bits per heavy atom. The van der Waals surface area contributed by atoms with E-state index < -0.39 is 23.5 Å². The molecule has 8 nitrogen and oxygen atoms in total. The Hall–Kier alpha value is -3.13. The van der Waals surface area contributed by atoms with Crippen LogP contribution in [-0.2, 0) is 11.3 Å². The van der Waals surface area contributed by atoms with Gasteiger partial charge in [0.15, 0.2) is 0 Å². The van der Waals surface area contributed by atoms with E-state index in [0.29, 0.717) is 18.0 Å². The highest BCUT2D eigenvalue weighted by molar-refractivity contribution is 6.31. The van der Waals surface area contributed by atoms with E-state index in [1.165, 1.54) is 10.6 Å². The highest BCUT2D eigenvalue weighted by Crippen LogP contribution is 2.15. The van der Waals surface area contributed by atoms with E-state index >= 15 is 0 Å². The summed E-state index contributed by atoms with van der Waals surface area (Å²) in [5.74, 6) is -1.64.